The first-order valence-corrected chi connectivity index (χ1v) is 9.63. The van der Waals surface area contributed by atoms with Gasteiger partial charge in [-0.2, -0.15) is 0 Å². The Morgan fingerprint density at radius 1 is 1.14 bits per heavy atom. The minimum Gasteiger partial charge on any atom is -0.493 e. The van der Waals surface area contributed by atoms with Gasteiger partial charge < -0.3 is 24.8 Å². The van der Waals surface area contributed by atoms with Crippen LogP contribution in [-0.4, -0.2) is 72.8 Å². The van der Waals surface area contributed by atoms with Crippen LogP contribution < -0.4 is 14.8 Å². The second-order valence-corrected chi connectivity index (χ2v) is 6.93. The molecule has 0 heterocycles. The fraction of sp³-hybridized carbons (Fsp3) is 0.600. The molecule has 8 heteroatoms. The van der Waals surface area contributed by atoms with Crippen molar-refractivity contribution in [3.63, 3.8) is 0 Å². The number of amides is 2. The van der Waals surface area contributed by atoms with E-state index < -0.39 is 5.97 Å². The highest BCUT2D eigenvalue weighted by Crippen LogP contribution is 2.28. The summed E-state index contributed by atoms with van der Waals surface area (Å²) in [7, 11) is 3.17. The van der Waals surface area contributed by atoms with Gasteiger partial charge >= 0.3 is 12.0 Å². The van der Waals surface area contributed by atoms with Crippen molar-refractivity contribution in [3.05, 3.63) is 23.8 Å². The number of benzene rings is 1. The number of carbonyl (C=O) groups excluding carboxylic acids is 1. The van der Waals surface area contributed by atoms with Crippen LogP contribution in [0.2, 0.25) is 0 Å². The molecule has 0 aliphatic heterocycles. The third kappa shape index (κ3) is 5.51. The van der Waals surface area contributed by atoms with Gasteiger partial charge in [0, 0.05) is 25.2 Å². The van der Waals surface area contributed by atoms with E-state index >= 15 is 0 Å². The van der Waals surface area contributed by atoms with Gasteiger partial charge in [-0.15, -0.1) is 0 Å². The lowest BCUT2D eigenvalue weighted by Gasteiger charge is -2.42. The van der Waals surface area contributed by atoms with E-state index in [2.05, 4.69) is 5.32 Å². The fourth-order valence-corrected chi connectivity index (χ4v) is 3.47. The van der Waals surface area contributed by atoms with Crippen molar-refractivity contribution >= 4 is 12.0 Å². The monoisotopic (exact) mass is 393 g/mol. The third-order valence-corrected chi connectivity index (χ3v) is 5.19. The van der Waals surface area contributed by atoms with Gasteiger partial charge in [0.25, 0.3) is 0 Å². The molecule has 0 spiro atoms. The summed E-state index contributed by atoms with van der Waals surface area (Å²) in [5.41, 5.74) is 0.958. The molecule has 1 aromatic rings. The second-order valence-electron chi connectivity index (χ2n) is 6.93. The van der Waals surface area contributed by atoms with Gasteiger partial charge in [0.1, 0.15) is 0 Å². The Labute approximate surface area is 166 Å². The molecule has 0 radical (unpaired) electrons. The van der Waals surface area contributed by atoms with Crippen LogP contribution in [-0.2, 0) is 11.3 Å². The molecule has 1 aliphatic rings. The Morgan fingerprint density at radius 3 is 2.36 bits per heavy atom. The maximum atomic E-state index is 12.6. The van der Waals surface area contributed by atoms with E-state index in [1.807, 2.05) is 36.9 Å². The number of ether oxygens (including phenoxy) is 2. The normalized spacial score (nSPS) is 18.3. The Morgan fingerprint density at radius 2 is 1.82 bits per heavy atom. The number of carboxylic acid groups (broad SMARTS) is 1. The molecular weight excluding hydrogens is 362 g/mol. The smallest absolute Gasteiger partial charge is 0.317 e. The van der Waals surface area contributed by atoms with E-state index in [1.54, 1.807) is 19.1 Å². The summed E-state index contributed by atoms with van der Waals surface area (Å²) < 4.78 is 10.6. The molecule has 1 saturated carbocycles. The Kier molecular flexibility index (Phi) is 7.92. The molecule has 0 saturated heterocycles. The minimum atomic E-state index is -0.818. The van der Waals surface area contributed by atoms with E-state index in [4.69, 9.17) is 14.6 Å². The van der Waals surface area contributed by atoms with Crippen LogP contribution in [0.5, 0.6) is 11.5 Å². The van der Waals surface area contributed by atoms with Crippen molar-refractivity contribution in [1.82, 2.24) is 15.1 Å². The van der Waals surface area contributed by atoms with Gasteiger partial charge in [0.2, 0.25) is 0 Å². The predicted octanol–water partition coefficient (Wildman–Crippen LogP) is 2.17. The summed E-state index contributed by atoms with van der Waals surface area (Å²) in [6, 6.07) is 5.81. The van der Waals surface area contributed by atoms with E-state index in [-0.39, 0.29) is 24.7 Å². The molecule has 2 rings (SSSR count). The van der Waals surface area contributed by atoms with E-state index in [0.29, 0.717) is 31.1 Å². The van der Waals surface area contributed by atoms with Crippen molar-refractivity contribution in [2.75, 3.05) is 33.9 Å². The first-order valence-electron chi connectivity index (χ1n) is 9.63. The standard InChI is InChI=1S/C20H31N3O5/c1-5-22(13-19(24)25)16-10-15(11-16)21-20(26)23(6-2)12-14-7-8-17(27-3)18(9-14)28-4/h7-9,15-16H,5-6,10-13H2,1-4H3,(H,21,26)(H,24,25). The largest absolute Gasteiger partial charge is 0.493 e. The molecule has 1 fully saturated rings. The average Bonchev–Trinajstić information content (AvgIpc) is 2.66. The summed E-state index contributed by atoms with van der Waals surface area (Å²) in [6.07, 6.45) is 1.56. The van der Waals surface area contributed by atoms with Crippen molar-refractivity contribution in [2.24, 2.45) is 0 Å². The first-order chi connectivity index (χ1) is 13.4. The van der Waals surface area contributed by atoms with Gasteiger partial charge in [0.15, 0.2) is 11.5 Å². The molecule has 8 nitrogen and oxygen atoms in total. The predicted molar refractivity (Wildman–Crippen MR) is 106 cm³/mol. The molecular formula is C20H31N3O5. The lowest BCUT2D eigenvalue weighted by atomic mass is 9.85. The number of carbonyl (C=O) groups is 2. The zero-order valence-corrected chi connectivity index (χ0v) is 17.1. The number of likely N-dealkylation sites (N-methyl/N-ethyl adjacent to an activating group) is 1. The molecule has 0 bridgehead atoms. The topological polar surface area (TPSA) is 91.3 Å². The van der Waals surface area contributed by atoms with Gasteiger partial charge in [-0.25, -0.2) is 4.79 Å². The average molecular weight is 393 g/mol. The number of nitrogens with one attached hydrogen (secondary N) is 1. The van der Waals surface area contributed by atoms with Crippen molar-refractivity contribution in [1.29, 1.82) is 0 Å². The van der Waals surface area contributed by atoms with E-state index in [9.17, 15) is 9.59 Å². The molecule has 1 aliphatic carbocycles. The van der Waals surface area contributed by atoms with E-state index in [1.165, 1.54) is 0 Å². The second kappa shape index (κ2) is 10.2. The van der Waals surface area contributed by atoms with Crippen LogP contribution in [0.1, 0.15) is 32.3 Å². The highest BCUT2D eigenvalue weighted by atomic mass is 16.5. The van der Waals surface area contributed by atoms with Crippen LogP contribution in [0.25, 0.3) is 0 Å². The highest BCUT2D eigenvalue weighted by molar-refractivity contribution is 5.74. The van der Waals surface area contributed by atoms with E-state index in [0.717, 1.165) is 18.4 Å². The molecule has 28 heavy (non-hydrogen) atoms. The molecule has 0 atom stereocenters. The quantitative estimate of drug-likeness (QED) is 0.633. The first kappa shape index (κ1) is 21.8. The van der Waals surface area contributed by atoms with Crippen LogP contribution >= 0.6 is 0 Å². The summed E-state index contributed by atoms with van der Waals surface area (Å²) in [5, 5.41) is 12.0. The molecule has 1 aromatic carbocycles. The van der Waals surface area contributed by atoms with Gasteiger partial charge in [0.05, 0.1) is 20.8 Å². The number of aliphatic carboxylic acids is 1. The number of rotatable bonds is 10. The zero-order valence-electron chi connectivity index (χ0n) is 17.1. The number of methoxy groups -OCH3 is 2. The maximum absolute atomic E-state index is 12.6. The molecule has 2 N–H and O–H groups in total. The van der Waals surface area contributed by atoms with Crippen molar-refractivity contribution in [2.45, 2.75) is 45.3 Å². The molecule has 2 amide bonds. The lowest BCUT2D eigenvalue weighted by molar-refractivity contribution is -0.139. The summed E-state index contributed by atoms with van der Waals surface area (Å²) in [5.74, 6) is 0.471. The Hall–Kier alpha value is -2.48. The highest BCUT2D eigenvalue weighted by Gasteiger charge is 2.35. The fourth-order valence-electron chi connectivity index (χ4n) is 3.47. The zero-order chi connectivity index (χ0) is 20.7. The number of urea groups is 1. The number of hydrogen-bond donors (Lipinski definition) is 2. The molecule has 156 valence electrons. The third-order valence-electron chi connectivity index (χ3n) is 5.19. The SMILES string of the molecule is CCN(Cc1ccc(OC)c(OC)c1)C(=O)NC1CC(N(CC)CC(=O)O)C1. The molecule has 0 aromatic heterocycles. The Bertz CT molecular complexity index is 676. The van der Waals surface area contributed by atoms with Crippen LogP contribution in [0.15, 0.2) is 18.2 Å². The van der Waals surface area contributed by atoms with Crippen LogP contribution in [0, 0.1) is 0 Å². The van der Waals surface area contributed by atoms with Gasteiger partial charge in [-0.05, 0) is 44.0 Å². The maximum Gasteiger partial charge on any atom is 0.317 e. The van der Waals surface area contributed by atoms with Crippen molar-refractivity contribution in [3.8, 4) is 11.5 Å². The van der Waals surface area contributed by atoms with Gasteiger partial charge in [-0.1, -0.05) is 13.0 Å². The van der Waals surface area contributed by atoms with Crippen LogP contribution in [0.3, 0.4) is 0 Å². The molecule has 0 unspecified atom stereocenters. The Balaban J connectivity index is 1.88. The number of carboxylic acids is 1. The minimum absolute atomic E-state index is 0.0439. The number of hydrogen-bond acceptors (Lipinski definition) is 5. The van der Waals surface area contributed by atoms with Crippen LogP contribution in [0.4, 0.5) is 4.79 Å². The number of nitrogens with zero attached hydrogens (tertiary/aromatic N) is 2. The summed E-state index contributed by atoms with van der Waals surface area (Å²) in [6.45, 7) is 5.68. The summed E-state index contributed by atoms with van der Waals surface area (Å²) >= 11 is 0. The summed E-state index contributed by atoms with van der Waals surface area (Å²) in [4.78, 5) is 27.2. The van der Waals surface area contributed by atoms with Crippen molar-refractivity contribution < 1.29 is 24.2 Å². The lowest BCUT2D eigenvalue weighted by Crippen LogP contribution is -2.56. The van der Waals surface area contributed by atoms with Gasteiger partial charge in [-0.3, -0.25) is 9.69 Å².